The quantitative estimate of drug-likeness (QED) is 0.344. The van der Waals surface area contributed by atoms with Gasteiger partial charge in [-0.25, -0.2) is 9.97 Å². The minimum atomic E-state index is -0.130. The first-order valence-corrected chi connectivity index (χ1v) is 10.3. The SMILES string of the molecule is CC1(C)C=Cc2c(-c3ccccc3)nc(-n3c4ccccc4c4ccccc43)nc21. The van der Waals surface area contributed by atoms with Crippen molar-refractivity contribution in [2.24, 2.45) is 0 Å². The van der Waals surface area contributed by atoms with E-state index in [0.29, 0.717) is 0 Å². The maximum absolute atomic E-state index is 5.12. The Bertz CT molecular complexity index is 1400. The molecule has 1 aliphatic carbocycles. The molecule has 0 bridgehead atoms. The Labute approximate surface area is 175 Å². The fourth-order valence-corrected chi connectivity index (χ4v) is 4.53. The van der Waals surface area contributed by atoms with E-state index >= 15 is 0 Å². The summed E-state index contributed by atoms with van der Waals surface area (Å²) in [5, 5.41) is 2.44. The van der Waals surface area contributed by atoms with Crippen LogP contribution in [-0.2, 0) is 5.41 Å². The summed E-state index contributed by atoms with van der Waals surface area (Å²) < 4.78 is 2.20. The highest BCUT2D eigenvalue weighted by Gasteiger charge is 2.31. The van der Waals surface area contributed by atoms with Gasteiger partial charge in [0.1, 0.15) is 0 Å². The van der Waals surface area contributed by atoms with Gasteiger partial charge in [0.2, 0.25) is 5.95 Å². The molecule has 2 heterocycles. The lowest BCUT2D eigenvalue weighted by atomic mass is 9.91. The molecule has 0 saturated heterocycles. The molecule has 0 atom stereocenters. The second kappa shape index (κ2) is 6.14. The van der Waals surface area contributed by atoms with Crippen LogP contribution in [0.25, 0.3) is 45.1 Å². The third kappa shape index (κ3) is 2.38. The zero-order valence-electron chi connectivity index (χ0n) is 17.0. The summed E-state index contributed by atoms with van der Waals surface area (Å²) in [7, 11) is 0. The molecule has 0 fully saturated rings. The fraction of sp³-hybridized carbons (Fsp3) is 0.111. The molecular weight excluding hydrogens is 366 g/mol. The van der Waals surface area contributed by atoms with E-state index in [4.69, 9.17) is 9.97 Å². The van der Waals surface area contributed by atoms with Gasteiger partial charge in [-0.1, -0.05) is 92.7 Å². The Morgan fingerprint density at radius 1 is 0.700 bits per heavy atom. The summed E-state index contributed by atoms with van der Waals surface area (Å²) >= 11 is 0. The number of hydrogen-bond donors (Lipinski definition) is 0. The van der Waals surface area contributed by atoms with E-state index in [2.05, 4.69) is 103 Å². The van der Waals surface area contributed by atoms with E-state index in [0.717, 1.165) is 39.5 Å². The number of nitrogens with zero attached hydrogens (tertiary/aromatic N) is 3. The second-order valence-electron chi connectivity index (χ2n) is 8.43. The zero-order valence-corrected chi connectivity index (χ0v) is 17.0. The molecule has 144 valence electrons. The van der Waals surface area contributed by atoms with Gasteiger partial charge in [-0.2, -0.15) is 0 Å². The van der Waals surface area contributed by atoms with Crippen molar-refractivity contribution in [3.63, 3.8) is 0 Å². The number of fused-ring (bicyclic) bond motifs is 4. The molecule has 30 heavy (non-hydrogen) atoms. The summed E-state index contributed by atoms with van der Waals surface area (Å²) in [5.74, 6) is 0.724. The van der Waals surface area contributed by atoms with E-state index < -0.39 is 0 Å². The van der Waals surface area contributed by atoms with Gasteiger partial charge in [-0.3, -0.25) is 4.57 Å². The van der Waals surface area contributed by atoms with Crippen LogP contribution in [0, 0.1) is 0 Å². The predicted molar refractivity (Wildman–Crippen MR) is 124 cm³/mol. The number of allylic oxidation sites excluding steroid dienone is 1. The molecule has 3 heteroatoms. The van der Waals surface area contributed by atoms with Crippen LogP contribution in [-0.4, -0.2) is 14.5 Å². The van der Waals surface area contributed by atoms with Gasteiger partial charge in [-0.05, 0) is 12.1 Å². The van der Waals surface area contributed by atoms with Gasteiger partial charge in [0.25, 0.3) is 0 Å². The Morgan fingerprint density at radius 3 is 1.97 bits per heavy atom. The molecule has 5 aromatic rings. The lowest BCUT2D eigenvalue weighted by Gasteiger charge is -2.19. The van der Waals surface area contributed by atoms with Crippen molar-refractivity contribution >= 4 is 27.9 Å². The first-order chi connectivity index (χ1) is 14.6. The van der Waals surface area contributed by atoms with Gasteiger partial charge in [-0.15, -0.1) is 0 Å². The topological polar surface area (TPSA) is 30.7 Å². The van der Waals surface area contributed by atoms with Crippen LogP contribution in [0.4, 0.5) is 0 Å². The second-order valence-corrected chi connectivity index (χ2v) is 8.43. The molecule has 3 nitrogen and oxygen atoms in total. The van der Waals surface area contributed by atoms with Crippen LogP contribution < -0.4 is 0 Å². The van der Waals surface area contributed by atoms with E-state index in [-0.39, 0.29) is 5.41 Å². The first kappa shape index (κ1) is 17.2. The molecule has 2 aromatic heterocycles. The Morgan fingerprint density at radius 2 is 1.30 bits per heavy atom. The minimum Gasteiger partial charge on any atom is -0.278 e. The third-order valence-corrected chi connectivity index (χ3v) is 6.04. The van der Waals surface area contributed by atoms with E-state index in [1.807, 2.05) is 6.07 Å². The van der Waals surface area contributed by atoms with Crippen LogP contribution in [0.1, 0.15) is 25.1 Å². The normalized spacial score (nSPS) is 14.5. The van der Waals surface area contributed by atoms with Crippen molar-refractivity contribution < 1.29 is 0 Å². The molecule has 0 amide bonds. The van der Waals surface area contributed by atoms with Crippen LogP contribution in [0.2, 0.25) is 0 Å². The number of benzene rings is 3. The van der Waals surface area contributed by atoms with Crippen molar-refractivity contribution in [3.05, 3.63) is 96.2 Å². The lowest BCUT2D eigenvalue weighted by Crippen LogP contribution is -2.16. The maximum Gasteiger partial charge on any atom is 0.235 e. The Kier molecular flexibility index (Phi) is 3.51. The Balaban J connectivity index is 1.73. The molecule has 0 saturated carbocycles. The smallest absolute Gasteiger partial charge is 0.235 e. The van der Waals surface area contributed by atoms with Crippen molar-refractivity contribution in [2.45, 2.75) is 19.3 Å². The van der Waals surface area contributed by atoms with Crippen LogP contribution >= 0.6 is 0 Å². The zero-order chi connectivity index (χ0) is 20.3. The van der Waals surface area contributed by atoms with Crippen molar-refractivity contribution in [2.75, 3.05) is 0 Å². The largest absolute Gasteiger partial charge is 0.278 e. The van der Waals surface area contributed by atoms with Gasteiger partial charge in [0.15, 0.2) is 0 Å². The van der Waals surface area contributed by atoms with Crippen LogP contribution in [0.5, 0.6) is 0 Å². The van der Waals surface area contributed by atoms with Crippen molar-refractivity contribution in [1.29, 1.82) is 0 Å². The summed E-state index contributed by atoms with van der Waals surface area (Å²) in [4.78, 5) is 10.2. The summed E-state index contributed by atoms with van der Waals surface area (Å²) in [6.45, 7) is 4.43. The molecule has 0 radical (unpaired) electrons. The average Bonchev–Trinajstić information content (AvgIpc) is 3.28. The molecular formula is C27H21N3. The van der Waals surface area contributed by atoms with Crippen LogP contribution in [0.15, 0.2) is 84.9 Å². The highest BCUT2D eigenvalue weighted by molar-refractivity contribution is 6.09. The summed E-state index contributed by atoms with van der Waals surface area (Å²) in [6, 6.07) is 27.4. The van der Waals surface area contributed by atoms with E-state index in [1.54, 1.807) is 0 Å². The lowest BCUT2D eigenvalue weighted by molar-refractivity contribution is 0.651. The van der Waals surface area contributed by atoms with Crippen molar-refractivity contribution in [1.82, 2.24) is 14.5 Å². The summed E-state index contributed by atoms with van der Waals surface area (Å²) in [6.07, 6.45) is 4.40. The standard InChI is InChI=1S/C27H21N3/c1-27(2)17-16-21-24(18-10-4-3-5-11-18)28-26(29-25(21)27)30-22-14-8-6-12-19(22)20-13-7-9-15-23(20)30/h3-17H,1-2H3. The minimum absolute atomic E-state index is 0.130. The monoisotopic (exact) mass is 387 g/mol. The van der Waals surface area contributed by atoms with Gasteiger partial charge >= 0.3 is 0 Å². The Hall–Kier alpha value is -3.72. The molecule has 6 rings (SSSR count). The number of rotatable bonds is 2. The number of aromatic nitrogens is 3. The van der Waals surface area contributed by atoms with Gasteiger partial charge in [0.05, 0.1) is 22.4 Å². The number of para-hydroxylation sites is 2. The fourth-order valence-electron chi connectivity index (χ4n) is 4.53. The average molecular weight is 387 g/mol. The number of hydrogen-bond acceptors (Lipinski definition) is 2. The molecule has 0 N–H and O–H groups in total. The highest BCUT2D eigenvalue weighted by Crippen LogP contribution is 2.40. The van der Waals surface area contributed by atoms with Crippen molar-refractivity contribution in [3.8, 4) is 17.2 Å². The highest BCUT2D eigenvalue weighted by atomic mass is 15.2. The summed E-state index contributed by atoms with van der Waals surface area (Å²) in [5.41, 5.74) is 6.42. The molecule has 0 spiro atoms. The third-order valence-electron chi connectivity index (χ3n) is 6.04. The predicted octanol–water partition coefficient (Wildman–Crippen LogP) is 6.55. The van der Waals surface area contributed by atoms with E-state index in [1.165, 1.54) is 10.8 Å². The first-order valence-electron chi connectivity index (χ1n) is 10.3. The molecule has 0 unspecified atom stereocenters. The molecule has 3 aromatic carbocycles. The van der Waals surface area contributed by atoms with E-state index in [9.17, 15) is 0 Å². The van der Waals surface area contributed by atoms with Crippen LogP contribution in [0.3, 0.4) is 0 Å². The molecule has 0 aliphatic heterocycles. The molecule has 1 aliphatic rings. The maximum atomic E-state index is 5.12. The van der Waals surface area contributed by atoms with Gasteiger partial charge in [0, 0.05) is 27.3 Å². The van der Waals surface area contributed by atoms with Gasteiger partial charge < -0.3 is 0 Å².